The van der Waals surface area contributed by atoms with Crippen LogP contribution in [0, 0.1) is 6.92 Å². The van der Waals surface area contributed by atoms with Gasteiger partial charge >= 0.3 is 0 Å². The third-order valence-corrected chi connectivity index (χ3v) is 8.46. The fourth-order valence-corrected chi connectivity index (χ4v) is 6.03. The number of aryl methyl sites for hydroxylation is 1. The molecule has 2 heterocycles. The van der Waals surface area contributed by atoms with Gasteiger partial charge in [0.2, 0.25) is 15.0 Å². The first-order chi connectivity index (χ1) is 15.1. The molecule has 0 saturated heterocycles. The van der Waals surface area contributed by atoms with Gasteiger partial charge in [-0.3, -0.25) is 9.69 Å². The number of nitrogens with zero attached hydrogens (tertiary/aromatic N) is 3. The molecular weight excluding hydrogens is 470 g/mol. The Labute approximate surface area is 194 Å². The van der Waals surface area contributed by atoms with Crippen LogP contribution in [0.3, 0.4) is 0 Å². The zero-order chi connectivity index (χ0) is 23.2. The van der Waals surface area contributed by atoms with Crippen molar-refractivity contribution in [2.75, 3.05) is 4.90 Å². The van der Waals surface area contributed by atoms with Gasteiger partial charge < -0.3 is 5.11 Å². The largest absolute Gasteiger partial charge is 0.502 e. The van der Waals surface area contributed by atoms with Crippen LogP contribution in [0.4, 0.5) is 5.13 Å². The second-order valence-corrected chi connectivity index (χ2v) is 11.1. The number of halogens is 1. The topological polar surface area (TPSA) is 100 Å². The van der Waals surface area contributed by atoms with Gasteiger partial charge in [-0.15, -0.1) is 10.2 Å². The summed E-state index contributed by atoms with van der Waals surface area (Å²) in [6.07, 6.45) is 0. The molecule has 1 aromatic heterocycles. The first kappa shape index (κ1) is 22.4. The van der Waals surface area contributed by atoms with Gasteiger partial charge in [-0.05, 0) is 36.8 Å². The second-order valence-electron chi connectivity index (χ2n) is 7.74. The maximum atomic E-state index is 13.6. The lowest BCUT2D eigenvalue weighted by molar-refractivity contribution is -0.117. The molecule has 0 bridgehead atoms. The van der Waals surface area contributed by atoms with E-state index in [1.54, 1.807) is 36.4 Å². The van der Waals surface area contributed by atoms with E-state index in [-0.39, 0.29) is 15.9 Å². The highest BCUT2D eigenvalue weighted by Crippen LogP contribution is 2.46. The Kier molecular flexibility index (Phi) is 5.83. The van der Waals surface area contributed by atoms with E-state index in [2.05, 4.69) is 10.2 Å². The lowest BCUT2D eigenvalue weighted by atomic mass is 10.1. The van der Waals surface area contributed by atoms with Crippen molar-refractivity contribution in [1.29, 1.82) is 0 Å². The van der Waals surface area contributed by atoms with Crippen molar-refractivity contribution in [3.05, 3.63) is 80.4 Å². The van der Waals surface area contributed by atoms with Gasteiger partial charge in [-0.25, -0.2) is 8.42 Å². The number of sulfone groups is 1. The van der Waals surface area contributed by atoms with Crippen molar-refractivity contribution >= 4 is 43.8 Å². The minimum atomic E-state index is -4.20. The van der Waals surface area contributed by atoms with E-state index >= 15 is 0 Å². The minimum Gasteiger partial charge on any atom is -0.502 e. The average molecular weight is 490 g/mol. The lowest BCUT2D eigenvalue weighted by Crippen LogP contribution is -2.31. The summed E-state index contributed by atoms with van der Waals surface area (Å²) < 4.78 is 27.2. The molecule has 32 heavy (non-hydrogen) atoms. The Hall–Kier alpha value is -2.75. The normalized spacial score (nSPS) is 17.0. The summed E-state index contributed by atoms with van der Waals surface area (Å²) >= 11 is 7.20. The molecule has 1 N–H and O–H groups in total. The van der Waals surface area contributed by atoms with E-state index in [1.807, 2.05) is 20.8 Å². The molecule has 0 unspecified atom stereocenters. The SMILES string of the molecule is Cc1ccc(S(=O)(=O)C2=C(O)C(=O)N(c3nnc(C(C)C)s3)[C@H]2c2ccc(Cl)cc2)cc1. The predicted molar refractivity (Wildman–Crippen MR) is 124 cm³/mol. The lowest BCUT2D eigenvalue weighted by Gasteiger charge is -2.24. The number of carbonyl (C=O) groups excluding carboxylic acids is 1. The van der Waals surface area contributed by atoms with E-state index in [9.17, 15) is 18.3 Å². The fraction of sp³-hybridized carbons (Fsp3) is 0.227. The van der Waals surface area contributed by atoms with Crippen molar-refractivity contribution < 1.29 is 18.3 Å². The Morgan fingerprint density at radius 2 is 1.69 bits per heavy atom. The smallest absolute Gasteiger partial charge is 0.296 e. The highest BCUT2D eigenvalue weighted by Gasteiger charge is 2.48. The van der Waals surface area contributed by atoms with Gasteiger partial charge in [0.25, 0.3) is 5.91 Å². The number of aromatic nitrogens is 2. The van der Waals surface area contributed by atoms with Gasteiger partial charge in [0.15, 0.2) is 5.76 Å². The predicted octanol–water partition coefficient (Wildman–Crippen LogP) is 4.95. The Morgan fingerprint density at radius 3 is 2.25 bits per heavy atom. The third-order valence-electron chi connectivity index (χ3n) is 5.10. The van der Waals surface area contributed by atoms with Gasteiger partial charge in [0.1, 0.15) is 16.0 Å². The summed E-state index contributed by atoms with van der Waals surface area (Å²) in [5, 5.41) is 20.4. The number of rotatable bonds is 5. The number of hydrogen-bond donors (Lipinski definition) is 1. The summed E-state index contributed by atoms with van der Waals surface area (Å²) in [7, 11) is -4.20. The summed E-state index contributed by atoms with van der Waals surface area (Å²) in [5.41, 5.74) is 1.36. The van der Waals surface area contributed by atoms with E-state index in [0.717, 1.165) is 5.56 Å². The molecule has 1 aliphatic rings. The molecule has 0 fully saturated rings. The van der Waals surface area contributed by atoms with Crippen LogP contribution < -0.4 is 4.90 Å². The van der Waals surface area contributed by atoms with Crippen molar-refractivity contribution in [1.82, 2.24) is 10.2 Å². The van der Waals surface area contributed by atoms with Crippen LogP contribution in [0.5, 0.6) is 0 Å². The Balaban J connectivity index is 1.91. The third kappa shape index (κ3) is 3.80. The maximum absolute atomic E-state index is 13.6. The van der Waals surface area contributed by atoms with Crippen LogP contribution in [-0.2, 0) is 14.6 Å². The molecule has 0 spiro atoms. The van der Waals surface area contributed by atoms with Crippen molar-refractivity contribution in [3.8, 4) is 0 Å². The highest BCUT2D eigenvalue weighted by molar-refractivity contribution is 7.95. The Morgan fingerprint density at radius 1 is 1.06 bits per heavy atom. The maximum Gasteiger partial charge on any atom is 0.296 e. The van der Waals surface area contributed by atoms with E-state index in [1.165, 1.54) is 28.4 Å². The number of anilines is 1. The molecule has 0 aliphatic carbocycles. The van der Waals surface area contributed by atoms with Crippen LogP contribution in [0.25, 0.3) is 0 Å². The number of hydrogen-bond acceptors (Lipinski definition) is 7. The van der Waals surface area contributed by atoms with Crippen LogP contribution in [0.1, 0.15) is 41.9 Å². The highest BCUT2D eigenvalue weighted by atomic mass is 35.5. The van der Waals surface area contributed by atoms with E-state index < -0.39 is 32.5 Å². The number of carbonyl (C=O) groups is 1. The molecule has 0 saturated carbocycles. The van der Waals surface area contributed by atoms with Gasteiger partial charge in [-0.1, -0.05) is 66.6 Å². The molecule has 7 nitrogen and oxygen atoms in total. The monoisotopic (exact) mass is 489 g/mol. The fourth-order valence-electron chi connectivity index (χ4n) is 3.40. The molecule has 3 aromatic rings. The molecule has 2 aromatic carbocycles. The molecular formula is C22H20ClN3O4S2. The zero-order valence-corrected chi connectivity index (χ0v) is 19.9. The second kappa shape index (κ2) is 8.31. The summed E-state index contributed by atoms with van der Waals surface area (Å²) in [5.74, 6) is -1.60. The van der Waals surface area contributed by atoms with E-state index in [4.69, 9.17) is 11.6 Å². The van der Waals surface area contributed by atoms with E-state index in [0.29, 0.717) is 15.6 Å². The number of benzene rings is 2. The van der Waals surface area contributed by atoms with Crippen molar-refractivity contribution in [3.63, 3.8) is 0 Å². The van der Waals surface area contributed by atoms with Crippen LogP contribution in [-0.4, -0.2) is 29.6 Å². The minimum absolute atomic E-state index is 0.0154. The molecule has 4 rings (SSSR count). The quantitative estimate of drug-likeness (QED) is 0.544. The van der Waals surface area contributed by atoms with Crippen molar-refractivity contribution in [2.24, 2.45) is 0 Å². The number of aliphatic hydroxyl groups is 1. The first-order valence-corrected chi connectivity index (χ1v) is 12.5. The average Bonchev–Trinajstić information content (AvgIpc) is 3.33. The molecule has 1 atom stereocenters. The van der Waals surface area contributed by atoms with Crippen molar-refractivity contribution in [2.45, 2.75) is 37.6 Å². The Bertz CT molecular complexity index is 1310. The van der Waals surface area contributed by atoms with Crippen LogP contribution in [0.2, 0.25) is 5.02 Å². The first-order valence-electron chi connectivity index (χ1n) is 9.78. The van der Waals surface area contributed by atoms with Gasteiger partial charge in [0, 0.05) is 10.9 Å². The molecule has 1 aliphatic heterocycles. The zero-order valence-electron chi connectivity index (χ0n) is 17.5. The summed E-state index contributed by atoms with van der Waals surface area (Å²) in [6.45, 7) is 5.72. The molecule has 0 radical (unpaired) electrons. The molecule has 166 valence electrons. The van der Waals surface area contributed by atoms with Crippen LogP contribution in [0.15, 0.2) is 64.1 Å². The van der Waals surface area contributed by atoms with Crippen LogP contribution >= 0.6 is 22.9 Å². The summed E-state index contributed by atoms with van der Waals surface area (Å²) in [6, 6.07) is 11.6. The molecule has 1 amide bonds. The van der Waals surface area contributed by atoms with Gasteiger partial charge in [-0.2, -0.15) is 0 Å². The standard InChI is InChI=1S/C22H20ClN3O4S2/c1-12(2)20-24-25-22(31-20)26-17(14-6-8-15(23)9-7-14)19(18(27)21(26)28)32(29,30)16-10-4-13(3)5-11-16/h4-12,17,27H,1-3H3/t17-/m0/s1. The van der Waals surface area contributed by atoms with Gasteiger partial charge in [0.05, 0.1) is 4.90 Å². The number of aliphatic hydroxyl groups excluding tert-OH is 1. The summed E-state index contributed by atoms with van der Waals surface area (Å²) in [4.78, 5) is 13.9. The number of amides is 1. The molecule has 10 heteroatoms.